The highest BCUT2D eigenvalue weighted by atomic mass is 19.1. The minimum absolute atomic E-state index is 0.351. The van der Waals surface area contributed by atoms with E-state index in [2.05, 4.69) is 0 Å². The third kappa shape index (κ3) is 1.80. The Hall–Kier alpha value is -1.09. The molecule has 0 atom stereocenters. The Morgan fingerprint density at radius 1 is 1.38 bits per heavy atom. The van der Waals surface area contributed by atoms with Gasteiger partial charge in [-0.3, -0.25) is 0 Å². The van der Waals surface area contributed by atoms with Crippen LogP contribution in [0, 0.1) is 0 Å². The fourth-order valence-electron chi connectivity index (χ4n) is 2.64. The molecule has 0 amide bonds. The first-order valence-electron chi connectivity index (χ1n) is 5.72. The Morgan fingerprint density at radius 3 is 2.62 bits per heavy atom. The molecule has 0 aliphatic heterocycles. The lowest BCUT2D eigenvalue weighted by molar-refractivity contribution is 0.381. The van der Waals surface area contributed by atoms with E-state index in [1.807, 2.05) is 12.1 Å². The first-order chi connectivity index (χ1) is 7.71. The Morgan fingerprint density at radius 2 is 2.06 bits per heavy atom. The van der Waals surface area contributed by atoms with Gasteiger partial charge >= 0.3 is 0 Å². The normalized spacial score (nSPS) is 18.7. The van der Waals surface area contributed by atoms with E-state index in [1.165, 1.54) is 0 Å². The topological polar surface area (TPSA) is 35.2 Å². The highest BCUT2D eigenvalue weighted by molar-refractivity contribution is 5.43. The van der Waals surface area contributed by atoms with Crippen LogP contribution in [0.2, 0.25) is 0 Å². The van der Waals surface area contributed by atoms with Gasteiger partial charge in [-0.25, -0.2) is 4.39 Å². The summed E-state index contributed by atoms with van der Waals surface area (Å²) in [4.78, 5) is 0. The number of alkyl halides is 1. The summed E-state index contributed by atoms with van der Waals surface area (Å²) in [5.74, 6) is 0.608. The van der Waals surface area contributed by atoms with Crippen LogP contribution in [0.1, 0.15) is 36.8 Å². The van der Waals surface area contributed by atoms with E-state index in [-0.39, 0.29) is 5.54 Å². The van der Waals surface area contributed by atoms with E-state index in [1.54, 1.807) is 13.2 Å². The molecule has 1 aromatic carbocycles. The molecular weight excluding hydrogens is 205 g/mol. The van der Waals surface area contributed by atoms with Crippen LogP contribution in [0.15, 0.2) is 18.2 Å². The maximum absolute atomic E-state index is 13.1. The summed E-state index contributed by atoms with van der Waals surface area (Å²) in [6.45, 7) is -0.516. The number of hydrogen-bond donors (Lipinski definition) is 1. The molecule has 0 unspecified atom stereocenters. The van der Waals surface area contributed by atoms with Gasteiger partial charge in [-0.1, -0.05) is 25.0 Å². The molecule has 3 heteroatoms. The van der Waals surface area contributed by atoms with Gasteiger partial charge in [0.15, 0.2) is 0 Å². The molecular formula is C13H18FNO. The van der Waals surface area contributed by atoms with Crippen molar-refractivity contribution in [2.45, 2.75) is 37.9 Å². The van der Waals surface area contributed by atoms with Crippen LogP contribution in [0.4, 0.5) is 4.39 Å². The zero-order valence-corrected chi connectivity index (χ0v) is 9.63. The van der Waals surface area contributed by atoms with E-state index in [0.29, 0.717) is 11.3 Å². The standard InChI is InChI=1S/C13H18FNO/c1-16-12-6-4-5-11(10(12)9-14)13(15)7-2-3-8-13/h4-6H,2-3,7-9,15H2,1H3. The number of hydrogen-bond acceptors (Lipinski definition) is 2. The van der Waals surface area contributed by atoms with Crippen LogP contribution in [-0.4, -0.2) is 7.11 Å². The Balaban J connectivity index is 2.47. The van der Waals surface area contributed by atoms with Crippen LogP contribution < -0.4 is 10.5 Å². The molecule has 0 bridgehead atoms. The summed E-state index contributed by atoms with van der Waals surface area (Å²) in [5, 5.41) is 0. The van der Waals surface area contributed by atoms with E-state index < -0.39 is 6.67 Å². The van der Waals surface area contributed by atoms with Crippen molar-refractivity contribution in [3.63, 3.8) is 0 Å². The van der Waals surface area contributed by atoms with Gasteiger partial charge in [0.2, 0.25) is 0 Å². The lowest BCUT2D eigenvalue weighted by Gasteiger charge is -2.27. The number of benzene rings is 1. The van der Waals surface area contributed by atoms with Crippen molar-refractivity contribution in [3.05, 3.63) is 29.3 Å². The number of nitrogens with two attached hydrogens (primary N) is 1. The zero-order chi connectivity index (χ0) is 11.6. The largest absolute Gasteiger partial charge is 0.496 e. The fraction of sp³-hybridized carbons (Fsp3) is 0.538. The molecule has 1 fully saturated rings. The Bertz CT molecular complexity index is 372. The van der Waals surface area contributed by atoms with Crippen LogP contribution in [-0.2, 0) is 12.2 Å². The molecule has 2 nitrogen and oxygen atoms in total. The van der Waals surface area contributed by atoms with Gasteiger partial charge in [-0.05, 0) is 24.5 Å². The number of ether oxygens (including phenoxy) is 1. The SMILES string of the molecule is COc1cccc(C2(N)CCCC2)c1CF. The van der Waals surface area contributed by atoms with E-state index in [9.17, 15) is 4.39 Å². The van der Waals surface area contributed by atoms with Gasteiger partial charge in [0.1, 0.15) is 12.4 Å². The monoisotopic (exact) mass is 223 g/mol. The minimum atomic E-state index is -0.516. The first-order valence-corrected chi connectivity index (χ1v) is 5.72. The molecule has 16 heavy (non-hydrogen) atoms. The molecule has 88 valence electrons. The molecule has 1 aliphatic carbocycles. The van der Waals surface area contributed by atoms with E-state index >= 15 is 0 Å². The van der Waals surface area contributed by atoms with Gasteiger partial charge < -0.3 is 10.5 Å². The summed E-state index contributed by atoms with van der Waals surface area (Å²) in [6.07, 6.45) is 4.12. The van der Waals surface area contributed by atoms with Crippen LogP contribution in [0.25, 0.3) is 0 Å². The Kier molecular flexibility index (Phi) is 3.15. The van der Waals surface area contributed by atoms with Gasteiger partial charge in [0, 0.05) is 11.1 Å². The van der Waals surface area contributed by atoms with Gasteiger partial charge in [0.25, 0.3) is 0 Å². The van der Waals surface area contributed by atoms with Crippen LogP contribution in [0.5, 0.6) is 5.75 Å². The number of halogens is 1. The summed E-state index contributed by atoms with van der Waals surface area (Å²) >= 11 is 0. The predicted octanol–water partition coefficient (Wildman–Crippen LogP) is 2.89. The number of rotatable bonds is 3. The highest BCUT2D eigenvalue weighted by Crippen LogP contribution is 2.40. The number of methoxy groups -OCH3 is 1. The van der Waals surface area contributed by atoms with Crippen molar-refractivity contribution in [2.24, 2.45) is 5.73 Å². The molecule has 2 rings (SSSR count). The van der Waals surface area contributed by atoms with Crippen molar-refractivity contribution in [3.8, 4) is 5.75 Å². The maximum Gasteiger partial charge on any atom is 0.125 e. The molecule has 0 saturated heterocycles. The Labute approximate surface area is 95.6 Å². The highest BCUT2D eigenvalue weighted by Gasteiger charge is 2.33. The lowest BCUT2D eigenvalue weighted by Crippen LogP contribution is -2.34. The molecule has 2 N–H and O–H groups in total. The van der Waals surface area contributed by atoms with E-state index in [4.69, 9.17) is 10.5 Å². The maximum atomic E-state index is 13.1. The average Bonchev–Trinajstić information content (AvgIpc) is 2.76. The molecule has 0 aromatic heterocycles. The van der Waals surface area contributed by atoms with Crippen molar-refractivity contribution >= 4 is 0 Å². The van der Waals surface area contributed by atoms with Gasteiger partial charge in [0.05, 0.1) is 7.11 Å². The average molecular weight is 223 g/mol. The molecule has 1 aromatic rings. The van der Waals surface area contributed by atoms with Crippen molar-refractivity contribution in [2.75, 3.05) is 7.11 Å². The van der Waals surface area contributed by atoms with Crippen LogP contribution in [0.3, 0.4) is 0 Å². The summed E-state index contributed by atoms with van der Waals surface area (Å²) < 4.78 is 18.3. The van der Waals surface area contributed by atoms with Crippen molar-refractivity contribution < 1.29 is 9.13 Å². The van der Waals surface area contributed by atoms with Crippen LogP contribution >= 0.6 is 0 Å². The molecule has 0 radical (unpaired) electrons. The molecule has 1 aliphatic rings. The fourth-order valence-corrected chi connectivity index (χ4v) is 2.64. The second-order valence-corrected chi connectivity index (χ2v) is 4.48. The summed E-state index contributed by atoms with van der Waals surface area (Å²) in [5.41, 5.74) is 7.55. The third-order valence-electron chi connectivity index (χ3n) is 3.52. The lowest BCUT2D eigenvalue weighted by atomic mass is 9.86. The third-order valence-corrected chi connectivity index (χ3v) is 3.52. The predicted molar refractivity (Wildman–Crippen MR) is 62.1 cm³/mol. The summed E-state index contributed by atoms with van der Waals surface area (Å²) in [7, 11) is 1.57. The van der Waals surface area contributed by atoms with Gasteiger partial charge in [-0.2, -0.15) is 0 Å². The molecule has 0 heterocycles. The zero-order valence-electron chi connectivity index (χ0n) is 9.63. The van der Waals surface area contributed by atoms with Crippen molar-refractivity contribution in [1.82, 2.24) is 0 Å². The quantitative estimate of drug-likeness (QED) is 0.855. The second-order valence-electron chi connectivity index (χ2n) is 4.48. The first kappa shape index (κ1) is 11.4. The molecule has 1 saturated carbocycles. The molecule has 0 spiro atoms. The minimum Gasteiger partial charge on any atom is -0.496 e. The van der Waals surface area contributed by atoms with Crippen molar-refractivity contribution in [1.29, 1.82) is 0 Å². The second kappa shape index (κ2) is 4.42. The van der Waals surface area contributed by atoms with E-state index in [0.717, 1.165) is 31.2 Å². The summed E-state index contributed by atoms with van der Waals surface area (Å²) in [6, 6.07) is 5.61. The van der Waals surface area contributed by atoms with Gasteiger partial charge in [-0.15, -0.1) is 0 Å². The smallest absolute Gasteiger partial charge is 0.125 e.